The monoisotopic (exact) mass is 174 g/mol. The summed E-state index contributed by atoms with van der Waals surface area (Å²) in [6.45, 7) is 2.28. The van der Waals surface area contributed by atoms with Crippen molar-refractivity contribution in [3.8, 4) is 0 Å². The molecule has 0 saturated heterocycles. The van der Waals surface area contributed by atoms with Crippen molar-refractivity contribution in [2.45, 2.75) is 12.8 Å². The first-order chi connectivity index (χ1) is 5.43. The lowest BCUT2D eigenvalue weighted by Crippen LogP contribution is -2.27. The number of aliphatic hydroxyl groups excluding tert-OH is 1. The Morgan fingerprint density at radius 1 is 1.64 bits per heavy atom. The minimum absolute atomic E-state index is 0.278. The summed E-state index contributed by atoms with van der Waals surface area (Å²) in [5.41, 5.74) is 0. The molecule has 0 radical (unpaired) electrons. The highest BCUT2D eigenvalue weighted by molar-refractivity contribution is 8.13. The number of nitrogens with zero attached hydrogens (tertiary/aromatic N) is 1. The van der Waals surface area contributed by atoms with Gasteiger partial charge < -0.3 is 10.4 Å². The highest BCUT2D eigenvalue weighted by Crippen LogP contribution is 2.06. The van der Waals surface area contributed by atoms with Gasteiger partial charge in [0.2, 0.25) is 0 Å². The fraction of sp³-hybridized carbons (Fsp3) is 0.857. The van der Waals surface area contributed by atoms with Crippen LogP contribution in [0.2, 0.25) is 0 Å². The molecule has 0 amide bonds. The van der Waals surface area contributed by atoms with Crippen LogP contribution in [0.25, 0.3) is 0 Å². The van der Waals surface area contributed by atoms with E-state index in [4.69, 9.17) is 5.11 Å². The summed E-state index contributed by atoms with van der Waals surface area (Å²) in [5.74, 6) is 0.961. The van der Waals surface area contributed by atoms with Gasteiger partial charge in [-0.2, -0.15) is 0 Å². The van der Waals surface area contributed by atoms with Gasteiger partial charge in [0.1, 0.15) is 0 Å². The molecule has 0 aromatic carbocycles. The summed E-state index contributed by atoms with van der Waals surface area (Å²) in [7, 11) is 0. The van der Waals surface area contributed by atoms with E-state index >= 15 is 0 Å². The van der Waals surface area contributed by atoms with Gasteiger partial charge in [-0.15, -0.1) is 0 Å². The molecule has 4 heteroatoms. The Kier molecular flexibility index (Phi) is 4.38. The molecule has 64 valence electrons. The lowest BCUT2D eigenvalue weighted by molar-refractivity contribution is 0.296. The molecule has 1 aliphatic rings. The highest BCUT2D eigenvalue weighted by atomic mass is 32.2. The second-order valence-electron chi connectivity index (χ2n) is 2.39. The van der Waals surface area contributed by atoms with E-state index in [9.17, 15) is 0 Å². The largest absolute Gasteiger partial charge is 0.396 e. The summed E-state index contributed by atoms with van der Waals surface area (Å²) in [4.78, 5) is 4.29. The summed E-state index contributed by atoms with van der Waals surface area (Å²) >= 11 is 1.70. The Labute approximate surface area is 71.3 Å². The molecule has 0 aromatic heterocycles. The molecule has 1 rings (SSSR count). The number of hydrogen-bond donors (Lipinski definition) is 2. The van der Waals surface area contributed by atoms with Crippen LogP contribution in [0.4, 0.5) is 0 Å². The topological polar surface area (TPSA) is 44.6 Å². The highest BCUT2D eigenvalue weighted by Gasteiger charge is 2.02. The molecule has 0 saturated carbocycles. The number of thioether (sulfide) groups is 1. The first kappa shape index (κ1) is 8.87. The number of amidine groups is 1. The van der Waals surface area contributed by atoms with Gasteiger partial charge in [-0.1, -0.05) is 11.8 Å². The number of aliphatic imine (C=N–C) groups is 1. The summed E-state index contributed by atoms with van der Waals surface area (Å²) < 4.78 is 0. The fourth-order valence-electron chi connectivity index (χ4n) is 0.841. The minimum Gasteiger partial charge on any atom is -0.396 e. The number of aliphatic hydroxyl groups is 1. The zero-order valence-corrected chi connectivity index (χ0v) is 7.36. The van der Waals surface area contributed by atoms with Crippen LogP contribution in [-0.2, 0) is 0 Å². The fourth-order valence-corrected chi connectivity index (χ4v) is 1.69. The molecule has 2 N–H and O–H groups in total. The quantitative estimate of drug-likeness (QED) is 0.611. The van der Waals surface area contributed by atoms with Crippen LogP contribution in [0, 0.1) is 0 Å². The van der Waals surface area contributed by atoms with Crippen LogP contribution in [0.5, 0.6) is 0 Å². The van der Waals surface area contributed by atoms with E-state index in [-0.39, 0.29) is 6.61 Å². The Balaban J connectivity index is 2.09. The normalized spacial score (nSPS) is 17.4. The van der Waals surface area contributed by atoms with Gasteiger partial charge in [-0.3, -0.25) is 4.99 Å². The summed E-state index contributed by atoms with van der Waals surface area (Å²) in [6, 6.07) is 0. The van der Waals surface area contributed by atoms with Gasteiger partial charge >= 0.3 is 0 Å². The Bertz CT molecular complexity index is 138. The standard InChI is InChI=1S/C7H14N2OS/c10-5-2-6-11-7-8-3-1-4-9-7/h10H,1-6H2,(H,8,9). The third-order valence-electron chi connectivity index (χ3n) is 1.41. The van der Waals surface area contributed by atoms with Crippen LogP contribution >= 0.6 is 11.8 Å². The maximum atomic E-state index is 8.52. The molecule has 1 aliphatic heterocycles. The van der Waals surface area contributed by atoms with Crippen LogP contribution in [0.1, 0.15) is 12.8 Å². The number of hydrogen-bond acceptors (Lipinski definition) is 4. The summed E-state index contributed by atoms with van der Waals surface area (Å²) in [6.07, 6.45) is 2.00. The molecule has 0 aromatic rings. The molecule has 0 unspecified atom stereocenters. The summed E-state index contributed by atoms with van der Waals surface area (Å²) in [5, 5.41) is 12.8. The van der Waals surface area contributed by atoms with Crippen molar-refractivity contribution in [3.63, 3.8) is 0 Å². The second-order valence-corrected chi connectivity index (χ2v) is 3.48. The molecular weight excluding hydrogens is 160 g/mol. The predicted molar refractivity (Wildman–Crippen MR) is 49.1 cm³/mol. The Morgan fingerprint density at radius 2 is 2.55 bits per heavy atom. The van der Waals surface area contributed by atoms with Crippen molar-refractivity contribution in [3.05, 3.63) is 0 Å². The van der Waals surface area contributed by atoms with E-state index in [2.05, 4.69) is 10.3 Å². The zero-order valence-electron chi connectivity index (χ0n) is 6.55. The number of nitrogens with one attached hydrogen (secondary N) is 1. The van der Waals surface area contributed by atoms with Crippen LogP contribution in [-0.4, -0.2) is 35.7 Å². The predicted octanol–water partition coefficient (Wildman–Crippen LogP) is 0.451. The van der Waals surface area contributed by atoms with Gasteiger partial charge in [-0.05, 0) is 12.8 Å². The van der Waals surface area contributed by atoms with Crippen molar-refractivity contribution in [1.29, 1.82) is 0 Å². The average Bonchev–Trinajstić information content (AvgIpc) is 2.07. The Hall–Kier alpha value is -0.220. The molecule has 0 spiro atoms. The lowest BCUT2D eigenvalue weighted by atomic mass is 10.4. The van der Waals surface area contributed by atoms with Gasteiger partial charge in [0.25, 0.3) is 0 Å². The van der Waals surface area contributed by atoms with E-state index in [1.54, 1.807) is 11.8 Å². The smallest absolute Gasteiger partial charge is 0.156 e. The molecule has 3 nitrogen and oxygen atoms in total. The molecule has 11 heavy (non-hydrogen) atoms. The first-order valence-corrected chi connectivity index (χ1v) is 4.94. The van der Waals surface area contributed by atoms with Crippen LogP contribution < -0.4 is 5.32 Å². The third-order valence-corrected chi connectivity index (χ3v) is 2.45. The van der Waals surface area contributed by atoms with E-state index in [1.807, 2.05) is 0 Å². The van der Waals surface area contributed by atoms with E-state index in [1.165, 1.54) is 0 Å². The van der Waals surface area contributed by atoms with Crippen molar-refractivity contribution >= 4 is 16.9 Å². The molecule has 0 bridgehead atoms. The van der Waals surface area contributed by atoms with Gasteiger partial charge in [0.05, 0.1) is 0 Å². The molecular formula is C7H14N2OS. The van der Waals surface area contributed by atoms with Crippen molar-refractivity contribution in [2.24, 2.45) is 4.99 Å². The Morgan fingerprint density at radius 3 is 3.18 bits per heavy atom. The minimum atomic E-state index is 0.278. The third kappa shape index (κ3) is 3.62. The molecule has 0 fully saturated rings. The van der Waals surface area contributed by atoms with Crippen LogP contribution in [0.15, 0.2) is 4.99 Å². The van der Waals surface area contributed by atoms with Crippen LogP contribution in [0.3, 0.4) is 0 Å². The first-order valence-electron chi connectivity index (χ1n) is 3.95. The lowest BCUT2D eigenvalue weighted by Gasteiger charge is -2.12. The molecule has 0 aliphatic carbocycles. The maximum Gasteiger partial charge on any atom is 0.156 e. The van der Waals surface area contributed by atoms with E-state index in [0.29, 0.717) is 0 Å². The van der Waals surface area contributed by atoms with Crippen molar-refractivity contribution in [1.82, 2.24) is 5.32 Å². The second kappa shape index (κ2) is 5.43. The van der Waals surface area contributed by atoms with Crippen molar-refractivity contribution < 1.29 is 5.11 Å². The average molecular weight is 174 g/mol. The maximum absolute atomic E-state index is 8.52. The van der Waals surface area contributed by atoms with Crippen molar-refractivity contribution in [2.75, 3.05) is 25.4 Å². The molecule has 0 atom stereocenters. The number of rotatable bonds is 3. The molecule has 1 heterocycles. The van der Waals surface area contributed by atoms with Gasteiger partial charge in [-0.25, -0.2) is 0 Å². The van der Waals surface area contributed by atoms with E-state index in [0.717, 1.165) is 36.9 Å². The van der Waals surface area contributed by atoms with Gasteiger partial charge in [0, 0.05) is 25.4 Å². The van der Waals surface area contributed by atoms with Gasteiger partial charge in [0.15, 0.2) is 5.17 Å². The van der Waals surface area contributed by atoms with E-state index < -0.39 is 0 Å². The SMILES string of the molecule is OCCCSC1=NCCCN1. The zero-order chi connectivity index (χ0) is 7.94.